The van der Waals surface area contributed by atoms with Gasteiger partial charge in [0, 0.05) is 18.1 Å². The lowest BCUT2D eigenvalue weighted by Crippen LogP contribution is -2.40. The number of sulfonamides is 1. The Morgan fingerprint density at radius 2 is 2.03 bits per heavy atom. The molecule has 0 radical (unpaired) electrons. The first-order chi connectivity index (χ1) is 14.8. The number of rotatable bonds is 5. The van der Waals surface area contributed by atoms with Gasteiger partial charge in [0.05, 0.1) is 15.1 Å². The van der Waals surface area contributed by atoms with Crippen molar-refractivity contribution in [1.82, 2.24) is 8.87 Å². The third-order valence-electron chi connectivity index (χ3n) is 5.07. The Morgan fingerprint density at radius 1 is 1.29 bits per heavy atom. The lowest BCUT2D eigenvalue weighted by Gasteiger charge is -2.21. The predicted molar refractivity (Wildman–Crippen MR) is 119 cm³/mol. The molecule has 0 aliphatic carbocycles. The second kappa shape index (κ2) is 8.66. The topological polar surface area (TPSA) is 71.7 Å². The number of hydrogen-bond donors (Lipinski definition) is 0. The standard InChI is InChI=1S/C21H19ClFN3O3S2/c1-2-11-25-17-10-7-15(23)13-19(17)30-21(25)24-20(27)18-4-3-12-26(18)31(28,29)16-8-5-14(22)6-9-16/h2,5-10,13,18H,1,3-4,11-12H2. The summed E-state index contributed by atoms with van der Waals surface area (Å²) >= 11 is 7.04. The molecule has 1 aliphatic rings. The Labute approximate surface area is 188 Å². The molecule has 3 aromatic rings. The van der Waals surface area contributed by atoms with Gasteiger partial charge in [-0.05, 0) is 55.3 Å². The number of carbonyl (C=O) groups is 1. The highest BCUT2D eigenvalue weighted by Crippen LogP contribution is 2.28. The van der Waals surface area contributed by atoms with Crippen molar-refractivity contribution in [2.75, 3.05) is 6.54 Å². The van der Waals surface area contributed by atoms with Gasteiger partial charge in [0.15, 0.2) is 4.80 Å². The van der Waals surface area contributed by atoms with Crippen LogP contribution >= 0.6 is 22.9 Å². The van der Waals surface area contributed by atoms with Gasteiger partial charge in [0.2, 0.25) is 10.0 Å². The summed E-state index contributed by atoms with van der Waals surface area (Å²) in [6.45, 7) is 4.35. The minimum absolute atomic E-state index is 0.0793. The van der Waals surface area contributed by atoms with Gasteiger partial charge >= 0.3 is 0 Å². The first kappa shape index (κ1) is 21.9. The summed E-state index contributed by atoms with van der Waals surface area (Å²) in [4.78, 5) is 17.8. The Balaban J connectivity index is 1.72. The summed E-state index contributed by atoms with van der Waals surface area (Å²) in [5.41, 5.74) is 0.731. The fraction of sp³-hybridized carbons (Fsp3) is 0.238. The molecule has 0 N–H and O–H groups in total. The fourth-order valence-electron chi connectivity index (χ4n) is 3.62. The third-order valence-corrected chi connectivity index (χ3v) is 8.29. The maximum Gasteiger partial charge on any atom is 0.266 e. The van der Waals surface area contributed by atoms with Crippen LogP contribution in [0.5, 0.6) is 0 Å². The number of hydrogen-bond acceptors (Lipinski definition) is 4. The molecule has 1 saturated heterocycles. The van der Waals surface area contributed by atoms with Crippen molar-refractivity contribution < 1.29 is 17.6 Å². The van der Waals surface area contributed by atoms with E-state index in [1.54, 1.807) is 16.7 Å². The average Bonchev–Trinajstić information content (AvgIpc) is 3.34. The zero-order valence-electron chi connectivity index (χ0n) is 16.4. The van der Waals surface area contributed by atoms with Crippen LogP contribution in [0.2, 0.25) is 5.02 Å². The number of nitrogens with zero attached hydrogens (tertiary/aromatic N) is 3. The first-order valence-corrected chi connectivity index (χ1v) is 12.2. The van der Waals surface area contributed by atoms with E-state index in [-0.39, 0.29) is 17.3 Å². The highest BCUT2D eigenvalue weighted by atomic mass is 35.5. The largest absolute Gasteiger partial charge is 0.313 e. The van der Waals surface area contributed by atoms with Crippen LogP contribution in [0.4, 0.5) is 4.39 Å². The van der Waals surface area contributed by atoms with Gasteiger partial charge < -0.3 is 4.57 Å². The molecule has 0 spiro atoms. The van der Waals surface area contributed by atoms with Crippen LogP contribution in [-0.4, -0.2) is 35.8 Å². The van der Waals surface area contributed by atoms with Gasteiger partial charge in [-0.2, -0.15) is 9.30 Å². The Kier molecular flexibility index (Phi) is 6.11. The minimum Gasteiger partial charge on any atom is -0.313 e. The summed E-state index contributed by atoms with van der Waals surface area (Å²) in [5, 5.41) is 0.427. The second-order valence-corrected chi connectivity index (χ2v) is 10.4. The van der Waals surface area contributed by atoms with Crippen LogP contribution in [0.3, 0.4) is 0 Å². The van der Waals surface area contributed by atoms with E-state index in [2.05, 4.69) is 11.6 Å². The van der Waals surface area contributed by atoms with E-state index in [0.717, 1.165) is 5.52 Å². The first-order valence-electron chi connectivity index (χ1n) is 9.57. The normalized spacial score (nSPS) is 18.0. The van der Waals surface area contributed by atoms with Crippen molar-refractivity contribution in [3.05, 3.63) is 70.8 Å². The molecule has 2 heterocycles. The Morgan fingerprint density at radius 3 is 2.74 bits per heavy atom. The third kappa shape index (κ3) is 4.23. The summed E-state index contributed by atoms with van der Waals surface area (Å²) < 4.78 is 43.4. The van der Waals surface area contributed by atoms with Gasteiger partial charge in [0.1, 0.15) is 11.9 Å². The van der Waals surface area contributed by atoms with Crippen molar-refractivity contribution in [2.45, 2.75) is 30.3 Å². The van der Waals surface area contributed by atoms with Crippen LogP contribution in [0, 0.1) is 5.82 Å². The molecule has 0 saturated carbocycles. The van der Waals surface area contributed by atoms with E-state index in [4.69, 9.17) is 11.6 Å². The van der Waals surface area contributed by atoms with Gasteiger partial charge in [0.25, 0.3) is 5.91 Å². The summed E-state index contributed by atoms with van der Waals surface area (Å²) in [7, 11) is -3.87. The maximum atomic E-state index is 13.6. The molecule has 162 valence electrons. The van der Waals surface area contributed by atoms with Crippen LogP contribution in [-0.2, 0) is 21.4 Å². The highest BCUT2D eigenvalue weighted by molar-refractivity contribution is 7.89. The van der Waals surface area contributed by atoms with Crippen LogP contribution in [0.15, 0.2) is 65.0 Å². The fourth-order valence-corrected chi connectivity index (χ4v) is 6.47. The number of aromatic nitrogens is 1. The van der Waals surface area contributed by atoms with Crippen LogP contribution < -0.4 is 4.80 Å². The minimum atomic E-state index is -3.87. The molecule has 10 heteroatoms. The van der Waals surface area contributed by atoms with Gasteiger partial charge in [-0.15, -0.1) is 6.58 Å². The van der Waals surface area contributed by atoms with E-state index in [1.165, 1.54) is 52.0 Å². The van der Waals surface area contributed by atoms with Crippen molar-refractivity contribution in [3.8, 4) is 0 Å². The number of carbonyl (C=O) groups excluding carboxylic acids is 1. The molecule has 1 aliphatic heterocycles. The summed E-state index contributed by atoms with van der Waals surface area (Å²) in [5.74, 6) is -0.923. The SMILES string of the molecule is C=CCn1c(=NC(=O)C2CCCN2S(=O)(=O)c2ccc(Cl)cc2)sc2cc(F)ccc21. The average molecular weight is 480 g/mol. The predicted octanol–water partition coefficient (Wildman–Crippen LogP) is 3.96. The zero-order chi connectivity index (χ0) is 22.2. The molecule has 2 aromatic carbocycles. The molecule has 4 rings (SSSR count). The van der Waals surface area contributed by atoms with E-state index in [0.29, 0.717) is 33.9 Å². The number of fused-ring (bicyclic) bond motifs is 1. The lowest BCUT2D eigenvalue weighted by atomic mass is 10.2. The van der Waals surface area contributed by atoms with Gasteiger partial charge in [-0.25, -0.2) is 12.8 Å². The number of halogens is 2. The Bertz CT molecular complexity index is 1330. The van der Waals surface area contributed by atoms with Crippen molar-refractivity contribution >= 4 is 49.1 Å². The van der Waals surface area contributed by atoms with Crippen molar-refractivity contribution in [1.29, 1.82) is 0 Å². The lowest BCUT2D eigenvalue weighted by molar-refractivity contribution is -0.121. The van der Waals surface area contributed by atoms with Crippen LogP contribution in [0.25, 0.3) is 10.2 Å². The molecule has 1 amide bonds. The second-order valence-electron chi connectivity index (χ2n) is 7.07. The zero-order valence-corrected chi connectivity index (χ0v) is 18.8. The molecule has 1 fully saturated rings. The van der Waals surface area contributed by atoms with Crippen LogP contribution in [0.1, 0.15) is 12.8 Å². The molecular weight excluding hydrogens is 461 g/mol. The molecule has 1 aromatic heterocycles. The number of allylic oxidation sites excluding steroid dienone is 1. The van der Waals surface area contributed by atoms with Crippen molar-refractivity contribution in [3.63, 3.8) is 0 Å². The number of amides is 1. The van der Waals surface area contributed by atoms with E-state index >= 15 is 0 Å². The quantitative estimate of drug-likeness (QED) is 0.520. The molecule has 6 nitrogen and oxygen atoms in total. The van der Waals surface area contributed by atoms with Gasteiger partial charge in [-0.3, -0.25) is 4.79 Å². The van der Waals surface area contributed by atoms with Gasteiger partial charge in [-0.1, -0.05) is 29.0 Å². The molecule has 31 heavy (non-hydrogen) atoms. The molecule has 0 bridgehead atoms. The number of thiazole rings is 1. The number of benzene rings is 2. The Hall–Kier alpha value is -2.33. The van der Waals surface area contributed by atoms with E-state index < -0.39 is 22.0 Å². The van der Waals surface area contributed by atoms with Crippen molar-refractivity contribution in [2.24, 2.45) is 4.99 Å². The summed E-state index contributed by atoms with van der Waals surface area (Å²) in [6, 6.07) is 9.31. The molecule has 1 unspecified atom stereocenters. The smallest absolute Gasteiger partial charge is 0.266 e. The summed E-state index contributed by atoms with van der Waals surface area (Å²) in [6.07, 6.45) is 2.60. The van der Waals surface area contributed by atoms with E-state index in [1.807, 2.05) is 0 Å². The molecular formula is C21H19ClFN3O3S2. The maximum absolute atomic E-state index is 13.6. The molecule has 1 atom stereocenters. The van der Waals surface area contributed by atoms with E-state index in [9.17, 15) is 17.6 Å². The highest BCUT2D eigenvalue weighted by Gasteiger charge is 2.39. The monoisotopic (exact) mass is 479 g/mol.